The summed E-state index contributed by atoms with van der Waals surface area (Å²) < 4.78 is 0. The summed E-state index contributed by atoms with van der Waals surface area (Å²) >= 11 is 9.62. The van der Waals surface area contributed by atoms with Gasteiger partial charge in [-0.25, -0.2) is 0 Å². The van der Waals surface area contributed by atoms with Crippen LogP contribution < -0.4 is 0 Å². The third-order valence-electron chi connectivity index (χ3n) is 9.38. The summed E-state index contributed by atoms with van der Waals surface area (Å²) in [5, 5.41) is 5.10. The van der Waals surface area contributed by atoms with E-state index >= 15 is 0 Å². The first-order valence-electron chi connectivity index (χ1n) is 15.9. The Morgan fingerprint density at radius 1 is 0.650 bits per heavy atom. The Labute approximate surface area is 255 Å². The zero-order valence-corrected chi connectivity index (χ0v) is 27.3. The highest BCUT2D eigenvalue weighted by Crippen LogP contribution is 2.42. The summed E-state index contributed by atoms with van der Waals surface area (Å²) in [7, 11) is 0. The number of aliphatic imine (C=N–C) groups is 2. The molecule has 0 aliphatic heterocycles. The molecule has 40 heavy (non-hydrogen) atoms. The first-order chi connectivity index (χ1) is 19.4. The third-order valence-corrected chi connectivity index (χ3v) is 9.56. The fraction of sp³-hybridized carbons (Fsp3) is 0.611. The Morgan fingerprint density at radius 2 is 1.05 bits per heavy atom. The number of hydrogen-bond donors (Lipinski definition) is 0. The van der Waals surface area contributed by atoms with Gasteiger partial charge in [-0.05, 0) is 121 Å². The molecule has 2 aromatic carbocycles. The number of nitrogens with zero attached hydrogens (tertiary/aromatic N) is 2. The maximum absolute atomic E-state index is 4.81. The second-order valence-corrected chi connectivity index (χ2v) is 12.3. The zero-order valence-electron chi connectivity index (χ0n) is 25.7. The summed E-state index contributed by atoms with van der Waals surface area (Å²) in [5.41, 5.74) is 10.8. The predicted octanol–water partition coefficient (Wildman–Crippen LogP) is 11.8. The molecule has 0 spiro atoms. The van der Waals surface area contributed by atoms with E-state index in [0.717, 1.165) is 43.0 Å². The van der Waals surface area contributed by atoms with E-state index in [1.165, 1.54) is 104 Å². The van der Waals surface area contributed by atoms with Crippen LogP contribution in [0.3, 0.4) is 0 Å². The van der Waals surface area contributed by atoms with Crippen LogP contribution in [0.1, 0.15) is 145 Å². The lowest BCUT2D eigenvalue weighted by Crippen LogP contribution is -2.25. The van der Waals surface area contributed by atoms with Gasteiger partial charge in [0.05, 0.1) is 21.7 Å². The highest BCUT2D eigenvalue weighted by atomic mass is 32.1. The highest BCUT2D eigenvalue weighted by Gasteiger charge is 2.29. The monoisotopic (exact) mass is 574 g/mol. The molecule has 0 saturated heterocycles. The SMILES string of the molecule is CCc1cc(C2(C)CCCCC2)cc(CC)c1N=C=S.CCc1cc(C2CCCCCC2)cc(CC)c1N=C=S. The van der Waals surface area contributed by atoms with Crippen molar-refractivity contribution in [3.63, 3.8) is 0 Å². The van der Waals surface area contributed by atoms with Crippen molar-refractivity contribution in [3.8, 4) is 0 Å². The molecule has 0 heterocycles. The average Bonchev–Trinajstić information content (AvgIpc) is 3.28. The maximum Gasteiger partial charge on any atom is 0.0803 e. The van der Waals surface area contributed by atoms with E-state index in [-0.39, 0.29) is 0 Å². The van der Waals surface area contributed by atoms with Crippen molar-refractivity contribution in [2.75, 3.05) is 0 Å². The molecule has 4 rings (SSSR count). The van der Waals surface area contributed by atoms with Crippen LogP contribution in [0, 0.1) is 0 Å². The number of benzene rings is 2. The van der Waals surface area contributed by atoms with E-state index in [4.69, 9.17) is 24.4 Å². The quantitative estimate of drug-likeness (QED) is 0.178. The van der Waals surface area contributed by atoms with Crippen LogP contribution in [-0.4, -0.2) is 10.3 Å². The molecule has 2 aliphatic rings. The topological polar surface area (TPSA) is 24.7 Å². The van der Waals surface area contributed by atoms with Crippen molar-refractivity contribution in [2.45, 2.75) is 142 Å². The Kier molecular flexibility index (Phi) is 13.4. The second-order valence-electron chi connectivity index (χ2n) is 12.0. The third kappa shape index (κ3) is 8.29. The Morgan fingerprint density at radius 3 is 1.45 bits per heavy atom. The van der Waals surface area contributed by atoms with E-state index in [1.807, 2.05) is 0 Å². The van der Waals surface area contributed by atoms with Gasteiger partial charge in [-0.1, -0.05) is 104 Å². The largest absolute Gasteiger partial charge is 0.194 e. The Hall–Kier alpha value is -1.96. The van der Waals surface area contributed by atoms with Crippen molar-refractivity contribution in [2.24, 2.45) is 9.98 Å². The minimum atomic E-state index is 0.353. The molecule has 0 N–H and O–H groups in total. The summed E-state index contributed by atoms with van der Waals surface area (Å²) in [6.07, 6.45) is 19.1. The van der Waals surface area contributed by atoms with Crippen LogP contribution in [0.25, 0.3) is 0 Å². The zero-order chi connectivity index (χ0) is 29.0. The maximum atomic E-state index is 4.81. The molecular formula is C36H50N2S2. The van der Waals surface area contributed by atoms with Gasteiger partial charge in [0.15, 0.2) is 0 Å². The van der Waals surface area contributed by atoms with Gasteiger partial charge in [-0.15, -0.1) is 0 Å². The normalized spacial score (nSPS) is 17.0. The summed E-state index contributed by atoms with van der Waals surface area (Å²) in [4.78, 5) is 8.64. The molecule has 2 saturated carbocycles. The molecule has 2 aromatic rings. The van der Waals surface area contributed by atoms with Gasteiger partial charge < -0.3 is 0 Å². The van der Waals surface area contributed by atoms with Crippen molar-refractivity contribution in [1.82, 2.24) is 0 Å². The van der Waals surface area contributed by atoms with Crippen molar-refractivity contribution in [3.05, 3.63) is 57.6 Å². The molecule has 0 atom stereocenters. The van der Waals surface area contributed by atoms with Crippen LogP contribution in [0.5, 0.6) is 0 Å². The fourth-order valence-electron chi connectivity index (χ4n) is 6.82. The lowest BCUT2D eigenvalue weighted by atomic mass is 9.70. The van der Waals surface area contributed by atoms with Gasteiger partial charge in [0.1, 0.15) is 0 Å². The van der Waals surface area contributed by atoms with E-state index in [0.29, 0.717) is 5.41 Å². The van der Waals surface area contributed by atoms with Gasteiger partial charge in [0.2, 0.25) is 0 Å². The molecule has 0 amide bonds. The summed E-state index contributed by atoms with van der Waals surface area (Å²) in [6, 6.07) is 9.49. The fourth-order valence-corrected chi connectivity index (χ4v) is 7.00. The van der Waals surface area contributed by atoms with Crippen molar-refractivity contribution in [1.29, 1.82) is 0 Å². The molecule has 4 heteroatoms. The van der Waals surface area contributed by atoms with E-state index in [9.17, 15) is 0 Å². The molecule has 0 aromatic heterocycles. The smallest absolute Gasteiger partial charge is 0.0803 e. The number of thiocarbonyl (C=S) groups is 2. The molecule has 216 valence electrons. The lowest BCUT2D eigenvalue weighted by Gasteiger charge is -2.35. The standard InChI is InChI=1S/2C18H25NS/c1-4-14-11-16(18(3)9-7-6-8-10-18)12-15(5-2)17(14)19-13-20;1-3-14-11-17(16-9-7-5-6-8-10-16)12-15(4-2)18(14)19-13-20/h11-12H,4-10H2,1-3H3;11-12,16H,3-10H2,1-2H3. The van der Waals surface area contributed by atoms with Gasteiger partial charge in [-0.2, -0.15) is 9.98 Å². The molecule has 0 radical (unpaired) electrons. The number of hydrogen-bond acceptors (Lipinski definition) is 4. The summed E-state index contributed by atoms with van der Waals surface area (Å²) in [6.45, 7) is 11.2. The number of aryl methyl sites for hydroxylation is 4. The van der Waals surface area contributed by atoms with Crippen LogP contribution in [-0.2, 0) is 31.1 Å². The van der Waals surface area contributed by atoms with Crippen LogP contribution in [0.15, 0.2) is 34.3 Å². The predicted molar refractivity (Wildman–Crippen MR) is 181 cm³/mol. The number of isothiocyanates is 2. The van der Waals surface area contributed by atoms with E-state index in [2.05, 4.69) is 79.2 Å². The summed E-state index contributed by atoms with van der Waals surface area (Å²) in [5.74, 6) is 0.749. The second kappa shape index (κ2) is 16.5. The molecule has 2 nitrogen and oxygen atoms in total. The first kappa shape index (κ1) is 32.6. The van der Waals surface area contributed by atoms with E-state index in [1.54, 1.807) is 0 Å². The minimum Gasteiger partial charge on any atom is -0.194 e. The van der Waals surface area contributed by atoms with Gasteiger partial charge >= 0.3 is 0 Å². The van der Waals surface area contributed by atoms with Crippen LogP contribution in [0.4, 0.5) is 11.4 Å². The Balaban J connectivity index is 0.000000220. The van der Waals surface area contributed by atoms with Gasteiger partial charge in [-0.3, -0.25) is 0 Å². The Bertz CT molecular complexity index is 1150. The molecule has 2 aliphatic carbocycles. The van der Waals surface area contributed by atoms with Gasteiger partial charge in [0.25, 0.3) is 0 Å². The van der Waals surface area contributed by atoms with Gasteiger partial charge in [0, 0.05) is 0 Å². The molecule has 2 fully saturated rings. The highest BCUT2D eigenvalue weighted by molar-refractivity contribution is 7.78. The van der Waals surface area contributed by atoms with Crippen LogP contribution in [0.2, 0.25) is 0 Å². The van der Waals surface area contributed by atoms with E-state index < -0.39 is 0 Å². The van der Waals surface area contributed by atoms with Crippen LogP contribution >= 0.6 is 24.4 Å². The van der Waals surface area contributed by atoms with Crippen molar-refractivity contribution < 1.29 is 0 Å². The van der Waals surface area contributed by atoms with Crippen molar-refractivity contribution >= 4 is 46.1 Å². The molecule has 0 unspecified atom stereocenters. The molecule has 0 bridgehead atoms. The first-order valence-corrected chi connectivity index (χ1v) is 16.7. The minimum absolute atomic E-state index is 0.353. The average molecular weight is 575 g/mol. The molecular weight excluding hydrogens is 525 g/mol. The lowest BCUT2D eigenvalue weighted by molar-refractivity contribution is 0.319. The number of rotatable bonds is 8.